The highest BCUT2D eigenvalue weighted by Gasteiger charge is 2.34. The highest BCUT2D eigenvalue weighted by molar-refractivity contribution is 5.80. The van der Waals surface area contributed by atoms with Crippen LogP contribution < -0.4 is 0 Å². The summed E-state index contributed by atoms with van der Waals surface area (Å²) in [6, 6.07) is 0. The Kier molecular flexibility index (Phi) is 3.46. The summed E-state index contributed by atoms with van der Waals surface area (Å²) in [6.07, 6.45) is 6.13. The molecule has 1 amide bonds. The average molecular weight is 225 g/mol. The van der Waals surface area contributed by atoms with E-state index in [0.29, 0.717) is 19.5 Å². The number of nitrogens with zero attached hydrogens (tertiary/aromatic N) is 1. The molecule has 0 unspecified atom stereocenters. The first-order valence-electron chi connectivity index (χ1n) is 6.20. The standard InChI is InChI=1S/C12H19NO3/c14-11(9-4-2-1-3-5-9)13-7-6-10(8-13)12(15)16/h9-10H,1-8H2,(H,15,16)/t10-/m0/s1. The number of aliphatic carboxylic acids is 1. The Morgan fingerprint density at radius 2 is 1.69 bits per heavy atom. The van der Waals surface area contributed by atoms with Gasteiger partial charge in [0.25, 0.3) is 0 Å². The molecule has 16 heavy (non-hydrogen) atoms. The van der Waals surface area contributed by atoms with E-state index in [1.54, 1.807) is 4.90 Å². The summed E-state index contributed by atoms with van der Waals surface area (Å²) < 4.78 is 0. The Balaban J connectivity index is 1.88. The van der Waals surface area contributed by atoms with Crippen molar-refractivity contribution in [3.63, 3.8) is 0 Å². The van der Waals surface area contributed by atoms with Gasteiger partial charge in [0.1, 0.15) is 0 Å². The Hall–Kier alpha value is -1.06. The number of carboxylic acids is 1. The molecular weight excluding hydrogens is 206 g/mol. The van der Waals surface area contributed by atoms with Crippen molar-refractivity contribution in [3.05, 3.63) is 0 Å². The normalized spacial score (nSPS) is 27.0. The molecule has 1 aliphatic heterocycles. The second-order valence-electron chi connectivity index (χ2n) is 4.94. The fourth-order valence-corrected chi connectivity index (χ4v) is 2.77. The molecule has 1 saturated heterocycles. The molecule has 4 nitrogen and oxygen atoms in total. The van der Waals surface area contributed by atoms with Crippen LogP contribution in [0.4, 0.5) is 0 Å². The van der Waals surface area contributed by atoms with Crippen LogP contribution in [0.25, 0.3) is 0 Å². The SMILES string of the molecule is O=C(O)[C@H]1CCN(C(=O)C2CCCCC2)C1. The maximum Gasteiger partial charge on any atom is 0.308 e. The molecule has 1 saturated carbocycles. The molecule has 0 aromatic heterocycles. The maximum atomic E-state index is 12.1. The van der Waals surface area contributed by atoms with Gasteiger partial charge in [0.15, 0.2) is 0 Å². The molecule has 2 rings (SSSR count). The van der Waals surface area contributed by atoms with Crippen molar-refractivity contribution in [2.75, 3.05) is 13.1 Å². The molecule has 0 aromatic carbocycles. The Morgan fingerprint density at radius 1 is 1.00 bits per heavy atom. The molecule has 90 valence electrons. The Bertz CT molecular complexity index is 284. The van der Waals surface area contributed by atoms with E-state index >= 15 is 0 Å². The van der Waals surface area contributed by atoms with Crippen LogP contribution >= 0.6 is 0 Å². The van der Waals surface area contributed by atoms with E-state index in [-0.39, 0.29) is 17.7 Å². The predicted octanol–water partition coefficient (Wildman–Crippen LogP) is 1.50. The monoisotopic (exact) mass is 225 g/mol. The second kappa shape index (κ2) is 4.85. The number of hydrogen-bond donors (Lipinski definition) is 1. The van der Waals surface area contributed by atoms with E-state index in [0.717, 1.165) is 25.7 Å². The van der Waals surface area contributed by atoms with Crippen LogP contribution in [0.1, 0.15) is 38.5 Å². The largest absolute Gasteiger partial charge is 0.481 e. The van der Waals surface area contributed by atoms with Crippen molar-refractivity contribution in [1.82, 2.24) is 4.90 Å². The lowest BCUT2D eigenvalue weighted by atomic mass is 9.88. The lowest BCUT2D eigenvalue weighted by Crippen LogP contribution is -2.36. The minimum absolute atomic E-state index is 0.168. The lowest BCUT2D eigenvalue weighted by molar-refractivity contribution is -0.141. The zero-order valence-electron chi connectivity index (χ0n) is 9.52. The number of rotatable bonds is 2. The van der Waals surface area contributed by atoms with E-state index < -0.39 is 5.97 Å². The van der Waals surface area contributed by atoms with Gasteiger partial charge in [-0.2, -0.15) is 0 Å². The van der Waals surface area contributed by atoms with Crippen molar-refractivity contribution in [1.29, 1.82) is 0 Å². The smallest absolute Gasteiger partial charge is 0.308 e. The molecule has 1 heterocycles. The van der Waals surface area contributed by atoms with Crippen molar-refractivity contribution >= 4 is 11.9 Å². The van der Waals surface area contributed by atoms with Crippen LogP contribution in [0.2, 0.25) is 0 Å². The molecule has 2 aliphatic rings. The Labute approximate surface area is 95.6 Å². The molecule has 1 aliphatic carbocycles. The molecule has 4 heteroatoms. The van der Waals surface area contributed by atoms with Gasteiger partial charge in [0, 0.05) is 19.0 Å². The van der Waals surface area contributed by atoms with Crippen LogP contribution in [0.5, 0.6) is 0 Å². The van der Waals surface area contributed by atoms with Gasteiger partial charge in [-0.25, -0.2) is 0 Å². The van der Waals surface area contributed by atoms with Crippen LogP contribution in [0.15, 0.2) is 0 Å². The summed E-state index contributed by atoms with van der Waals surface area (Å²) in [4.78, 5) is 24.7. The minimum atomic E-state index is -0.765. The predicted molar refractivity (Wildman–Crippen MR) is 58.9 cm³/mol. The minimum Gasteiger partial charge on any atom is -0.481 e. The van der Waals surface area contributed by atoms with Gasteiger partial charge in [-0.1, -0.05) is 19.3 Å². The molecule has 0 radical (unpaired) electrons. The van der Waals surface area contributed by atoms with Gasteiger partial charge in [-0.05, 0) is 19.3 Å². The van der Waals surface area contributed by atoms with Crippen LogP contribution in [0, 0.1) is 11.8 Å². The topological polar surface area (TPSA) is 57.6 Å². The average Bonchev–Trinajstić information content (AvgIpc) is 2.78. The molecule has 2 fully saturated rings. The van der Waals surface area contributed by atoms with E-state index in [1.165, 1.54) is 6.42 Å². The molecular formula is C12H19NO3. The third-order valence-corrected chi connectivity index (χ3v) is 3.80. The first-order valence-corrected chi connectivity index (χ1v) is 6.20. The molecule has 0 spiro atoms. The highest BCUT2D eigenvalue weighted by atomic mass is 16.4. The van der Waals surface area contributed by atoms with Crippen molar-refractivity contribution in [2.45, 2.75) is 38.5 Å². The second-order valence-corrected chi connectivity index (χ2v) is 4.94. The summed E-state index contributed by atoms with van der Waals surface area (Å²) in [5, 5.41) is 8.89. The number of carboxylic acid groups (broad SMARTS) is 1. The van der Waals surface area contributed by atoms with E-state index in [2.05, 4.69) is 0 Å². The van der Waals surface area contributed by atoms with E-state index in [9.17, 15) is 9.59 Å². The fourth-order valence-electron chi connectivity index (χ4n) is 2.77. The van der Waals surface area contributed by atoms with Gasteiger partial charge in [-0.15, -0.1) is 0 Å². The zero-order chi connectivity index (χ0) is 11.5. The maximum absolute atomic E-state index is 12.1. The first kappa shape index (κ1) is 11.4. The molecule has 0 bridgehead atoms. The van der Waals surface area contributed by atoms with E-state index in [1.807, 2.05) is 0 Å². The number of likely N-dealkylation sites (tertiary alicyclic amines) is 1. The van der Waals surface area contributed by atoms with Crippen molar-refractivity contribution in [2.24, 2.45) is 11.8 Å². The van der Waals surface area contributed by atoms with Gasteiger partial charge in [-0.3, -0.25) is 9.59 Å². The van der Waals surface area contributed by atoms with Crippen LogP contribution in [0.3, 0.4) is 0 Å². The summed E-state index contributed by atoms with van der Waals surface area (Å²) in [5.74, 6) is -0.740. The van der Waals surface area contributed by atoms with Gasteiger partial charge >= 0.3 is 5.97 Å². The van der Waals surface area contributed by atoms with Gasteiger partial charge < -0.3 is 10.0 Å². The van der Waals surface area contributed by atoms with Gasteiger partial charge in [0.05, 0.1) is 5.92 Å². The summed E-state index contributed by atoms with van der Waals surface area (Å²) in [7, 11) is 0. The van der Waals surface area contributed by atoms with Crippen LogP contribution in [-0.4, -0.2) is 35.0 Å². The van der Waals surface area contributed by atoms with E-state index in [4.69, 9.17) is 5.11 Å². The number of carbonyl (C=O) groups excluding carboxylic acids is 1. The lowest BCUT2D eigenvalue weighted by Gasteiger charge is -2.26. The number of hydrogen-bond acceptors (Lipinski definition) is 2. The summed E-state index contributed by atoms with van der Waals surface area (Å²) >= 11 is 0. The van der Waals surface area contributed by atoms with Gasteiger partial charge in [0.2, 0.25) is 5.91 Å². The molecule has 1 N–H and O–H groups in total. The van der Waals surface area contributed by atoms with Crippen molar-refractivity contribution < 1.29 is 14.7 Å². The third kappa shape index (κ3) is 2.36. The van der Waals surface area contributed by atoms with Crippen molar-refractivity contribution in [3.8, 4) is 0 Å². The summed E-state index contributed by atoms with van der Waals surface area (Å²) in [5.41, 5.74) is 0. The highest BCUT2D eigenvalue weighted by Crippen LogP contribution is 2.27. The third-order valence-electron chi connectivity index (χ3n) is 3.80. The first-order chi connectivity index (χ1) is 7.68. The zero-order valence-corrected chi connectivity index (χ0v) is 9.52. The molecule has 0 aromatic rings. The fraction of sp³-hybridized carbons (Fsp3) is 0.833. The quantitative estimate of drug-likeness (QED) is 0.774. The number of amides is 1. The number of carbonyl (C=O) groups is 2. The Morgan fingerprint density at radius 3 is 2.25 bits per heavy atom. The molecule has 1 atom stereocenters. The van der Waals surface area contributed by atoms with Crippen LogP contribution in [-0.2, 0) is 9.59 Å². The summed E-state index contributed by atoms with van der Waals surface area (Å²) in [6.45, 7) is 1.05.